The van der Waals surface area contributed by atoms with Crippen molar-refractivity contribution in [3.8, 4) is 0 Å². The van der Waals surface area contributed by atoms with Crippen molar-refractivity contribution in [3.05, 3.63) is 23.8 Å². The summed E-state index contributed by atoms with van der Waals surface area (Å²) in [7, 11) is -3.50. The van der Waals surface area contributed by atoms with Crippen LogP contribution in [0.1, 0.15) is 39.2 Å². The molecule has 3 rings (SSSR count). The van der Waals surface area contributed by atoms with Crippen molar-refractivity contribution in [1.29, 1.82) is 0 Å². The van der Waals surface area contributed by atoms with Gasteiger partial charge in [0.25, 0.3) is 0 Å². The van der Waals surface area contributed by atoms with Crippen LogP contribution in [0.2, 0.25) is 0 Å². The van der Waals surface area contributed by atoms with Crippen LogP contribution >= 0.6 is 12.4 Å². The Kier molecular flexibility index (Phi) is 6.38. The number of halogens is 1. The maximum Gasteiger partial charge on any atom is 0.243 e. The second-order valence-corrected chi connectivity index (χ2v) is 9.27. The number of sulfonamides is 1. The van der Waals surface area contributed by atoms with Crippen LogP contribution in [0.5, 0.6) is 0 Å². The van der Waals surface area contributed by atoms with Crippen molar-refractivity contribution in [2.24, 2.45) is 11.7 Å². The van der Waals surface area contributed by atoms with Crippen LogP contribution in [0.15, 0.2) is 23.1 Å². The zero-order chi connectivity index (χ0) is 18.4. The van der Waals surface area contributed by atoms with Crippen LogP contribution < -0.4 is 10.6 Å². The second-order valence-electron chi connectivity index (χ2n) is 7.33. The van der Waals surface area contributed by atoms with Crippen LogP contribution in [0, 0.1) is 5.92 Å². The van der Waals surface area contributed by atoms with Crippen molar-refractivity contribution < 1.29 is 13.2 Å². The summed E-state index contributed by atoms with van der Waals surface area (Å²) < 4.78 is 27.5. The van der Waals surface area contributed by atoms with Gasteiger partial charge in [-0.05, 0) is 62.8 Å². The van der Waals surface area contributed by atoms with E-state index in [-0.39, 0.29) is 30.4 Å². The zero-order valence-electron chi connectivity index (χ0n) is 15.5. The van der Waals surface area contributed by atoms with Crippen molar-refractivity contribution in [3.63, 3.8) is 0 Å². The number of fused-ring (bicyclic) bond motifs is 1. The van der Waals surface area contributed by atoms with Gasteiger partial charge in [0.1, 0.15) is 0 Å². The van der Waals surface area contributed by atoms with Crippen LogP contribution in [-0.4, -0.2) is 43.8 Å². The molecule has 0 bridgehead atoms. The van der Waals surface area contributed by atoms with E-state index in [0.717, 1.165) is 24.1 Å². The Hall–Kier alpha value is -1.15. The molecule has 6 nitrogen and oxygen atoms in total. The molecule has 1 fully saturated rings. The van der Waals surface area contributed by atoms with Gasteiger partial charge in [0.15, 0.2) is 0 Å². The third-order valence-electron chi connectivity index (χ3n) is 5.49. The number of hydrogen-bond donors (Lipinski definition) is 1. The average molecular weight is 402 g/mol. The van der Waals surface area contributed by atoms with Crippen molar-refractivity contribution >= 4 is 34.0 Å². The highest BCUT2D eigenvalue weighted by Crippen LogP contribution is 2.35. The summed E-state index contributed by atoms with van der Waals surface area (Å²) in [6, 6.07) is 5.29. The fourth-order valence-electron chi connectivity index (χ4n) is 4.04. The normalized spacial score (nSPS) is 22.6. The van der Waals surface area contributed by atoms with Crippen LogP contribution in [-0.2, 0) is 21.2 Å². The third kappa shape index (κ3) is 3.76. The molecule has 2 N–H and O–H groups in total. The first-order chi connectivity index (χ1) is 11.7. The quantitative estimate of drug-likeness (QED) is 0.841. The van der Waals surface area contributed by atoms with E-state index in [9.17, 15) is 13.2 Å². The first-order valence-corrected chi connectivity index (χ1v) is 10.3. The molecule has 1 aromatic carbocycles. The van der Waals surface area contributed by atoms with Crippen molar-refractivity contribution in [2.45, 2.75) is 57.0 Å². The van der Waals surface area contributed by atoms with Crippen molar-refractivity contribution in [1.82, 2.24) is 4.31 Å². The number of nitrogens with two attached hydrogens (primary N) is 1. The SMILES string of the molecule is CC(=O)N1c2ccc(S(=O)(=O)N3CCC(C(C)N)CC3)cc2CC1C.Cl. The highest BCUT2D eigenvalue weighted by Gasteiger charge is 2.33. The average Bonchev–Trinajstić information content (AvgIpc) is 2.89. The molecule has 1 amide bonds. The monoisotopic (exact) mass is 401 g/mol. The van der Waals surface area contributed by atoms with Gasteiger partial charge in [-0.2, -0.15) is 4.31 Å². The second kappa shape index (κ2) is 7.84. The van der Waals surface area contributed by atoms with E-state index >= 15 is 0 Å². The minimum absolute atomic E-state index is 0. The van der Waals surface area contributed by atoms with E-state index < -0.39 is 10.0 Å². The molecule has 0 spiro atoms. The molecule has 146 valence electrons. The zero-order valence-corrected chi connectivity index (χ0v) is 17.1. The van der Waals surface area contributed by atoms with Gasteiger partial charge in [0.2, 0.25) is 15.9 Å². The van der Waals surface area contributed by atoms with E-state index in [0.29, 0.717) is 30.3 Å². The lowest BCUT2D eigenvalue weighted by atomic mass is 9.92. The molecule has 2 aliphatic rings. The van der Waals surface area contributed by atoms with Crippen molar-refractivity contribution in [2.75, 3.05) is 18.0 Å². The van der Waals surface area contributed by atoms with Gasteiger partial charge < -0.3 is 10.6 Å². The molecule has 8 heteroatoms. The van der Waals surface area contributed by atoms with Gasteiger partial charge in [-0.25, -0.2) is 8.42 Å². The number of piperidine rings is 1. The summed E-state index contributed by atoms with van der Waals surface area (Å²) in [4.78, 5) is 13.9. The highest BCUT2D eigenvalue weighted by atomic mass is 35.5. The van der Waals surface area contributed by atoms with E-state index in [1.807, 2.05) is 13.8 Å². The first kappa shape index (κ1) is 21.2. The fourth-order valence-corrected chi connectivity index (χ4v) is 5.56. The molecule has 0 aliphatic carbocycles. The molecule has 1 aromatic rings. The van der Waals surface area contributed by atoms with E-state index in [2.05, 4.69) is 0 Å². The maximum atomic E-state index is 13.0. The molecule has 2 atom stereocenters. The largest absolute Gasteiger partial charge is 0.328 e. The molecule has 0 saturated carbocycles. The number of amides is 1. The number of carbonyl (C=O) groups is 1. The van der Waals surface area contributed by atoms with E-state index in [1.165, 1.54) is 0 Å². The first-order valence-electron chi connectivity index (χ1n) is 8.90. The number of carbonyl (C=O) groups excluding carboxylic acids is 1. The smallest absolute Gasteiger partial charge is 0.243 e. The summed E-state index contributed by atoms with van der Waals surface area (Å²) in [5.41, 5.74) is 7.70. The van der Waals surface area contributed by atoms with Gasteiger partial charge in [0.05, 0.1) is 4.90 Å². The standard InChI is InChI=1S/C18H27N3O3S.ClH/c1-12-10-16-11-17(4-5-18(16)21(12)14(3)22)25(23,24)20-8-6-15(7-9-20)13(2)19;/h4-5,11-13,15H,6-10,19H2,1-3H3;1H. The Bertz CT molecular complexity index is 774. The predicted octanol–water partition coefficient (Wildman–Crippen LogP) is 2.15. The van der Waals surface area contributed by atoms with Crippen LogP contribution in [0.3, 0.4) is 0 Å². The molecule has 0 radical (unpaired) electrons. The van der Waals surface area contributed by atoms with E-state index in [4.69, 9.17) is 5.73 Å². The summed E-state index contributed by atoms with van der Waals surface area (Å²) >= 11 is 0. The molecular formula is C18H28ClN3O3S. The Morgan fingerprint density at radius 2 is 1.88 bits per heavy atom. The molecular weight excluding hydrogens is 374 g/mol. The minimum atomic E-state index is -3.50. The molecule has 2 unspecified atom stereocenters. The summed E-state index contributed by atoms with van der Waals surface area (Å²) in [6.07, 6.45) is 2.29. The van der Waals surface area contributed by atoms with E-state index in [1.54, 1.807) is 34.3 Å². The summed E-state index contributed by atoms with van der Waals surface area (Å²) in [5.74, 6) is 0.372. The number of anilines is 1. The fraction of sp³-hybridized carbons (Fsp3) is 0.611. The summed E-state index contributed by atoms with van der Waals surface area (Å²) in [6.45, 7) is 6.54. The number of nitrogens with zero attached hydrogens (tertiary/aromatic N) is 2. The Balaban J connectivity index is 0.00000243. The topological polar surface area (TPSA) is 83.7 Å². The Labute approximate surface area is 162 Å². The Morgan fingerprint density at radius 3 is 2.42 bits per heavy atom. The molecule has 2 heterocycles. The number of hydrogen-bond acceptors (Lipinski definition) is 4. The lowest BCUT2D eigenvalue weighted by molar-refractivity contribution is -0.116. The van der Waals surface area contributed by atoms with Gasteiger partial charge in [-0.15, -0.1) is 12.4 Å². The number of benzene rings is 1. The number of rotatable bonds is 3. The Morgan fingerprint density at radius 1 is 1.27 bits per heavy atom. The third-order valence-corrected chi connectivity index (χ3v) is 7.38. The molecule has 26 heavy (non-hydrogen) atoms. The molecule has 0 aromatic heterocycles. The maximum absolute atomic E-state index is 13.0. The summed E-state index contributed by atoms with van der Waals surface area (Å²) in [5, 5.41) is 0. The predicted molar refractivity (Wildman–Crippen MR) is 105 cm³/mol. The van der Waals surface area contributed by atoms with Gasteiger partial charge in [0, 0.05) is 37.8 Å². The molecule has 1 saturated heterocycles. The van der Waals surface area contributed by atoms with Gasteiger partial charge in [-0.1, -0.05) is 0 Å². The van der Waals surface area contributed by atoms with Crippen LogP contribution in [0.4, 0.5) is 5.69 Å². The molecule has 2 aliphatic heterocycles. The minimum Gasteiger partial charge on any atom is -0.328 e. The van der Waals surface area contributed by atoms with Gasteiger partial charge in [-0.3, -0.25) is 4.79 Å². The van der Waals surface area contributed by atoms with Gasteiger partial charge >= 0.3 is 0 Å². The van der Waals surface area contributed by atoms with Crippen LogP contribution in [0.25, 0.3) is 0 Å². The lowest BCUT2D eigenvalue weighted by Crippen LogP contribution is -2.42. The highest BCUT2D eigenvalue weighted by molar-refractivity contribution is 7.89. The lowest BCUT2D eigenvalue weighted by Gasteiger charge is -2.33.